The first kappa shape index (κ1) is 16.7. The molecule has 0 fully saturated rings. The van der Waals surface area contributed by atoms with Crippen molar-refractivity contribution in [1.82, 2.24) is 4.90 Å². The van der Waals surface area contributed by atoms with E-state index < -0.39 is 0 Å². The zero-order chi connectivity index (χ0) is 19.3. The van der Waals surface area contributed by atoms with Gasteiger partial charge in [-0.1, -0.05) is 6.07 Å². The molecule has 0 aliphatic carbocycles. The molecule has 28 heavy (non-hydrogen) atoms. The van der Waals surface area contributed by atoms with E-state index in [0.29, 0.717) is 29.2 Å². The molecule has 3 aliphatic heterocycles. The number of aliphatic imine (C=N–C) groups is 1. The number of methoxy groups -OCH3 is 2. The highest BCUT2D eigenvalue weighted by Gasteiger charge is 2.33. The van der Waals surface area contributed by atoms with Gasteiger partial charge in [-0.15, -0.1) is 0 Å². The van der Waals surface area contributed by atoms with Gasteiger partial charge in [-0.25, -0.2) is 0 Å². The Balaban J connectivity index is 1.52. The minimum Gasteiger partial charge on any atom is -0.493 e. The van der Waals surface area contributed by atoms with Crippen LogP contribution in [0.4, 0.5) is 5.69 Å². The lowest BCUT2D eigenvalue weighted by atomic mass is 10.0. The Bertz CT molecular complexity index is 1040. The molecule has 0 N–H and O–H groups in total. The third-order valence-electron chi connectivity index (χ3n) is 5.18. The molecule has 0 saturated carbocycles. The molecule has 0 aromatic heterocycles. The summed E-state index contributed by atoms with van der Waals surface area (Å²) in [6.45, 7) is 0.236. The summed E-state index contributed by atoms with van der Waals surface area (Å²) in [5.41, 5.74) is 3.12. The molecule has 142 valence electrons. The molecule has 7 nitrogen and oxygen atoms in total. The van der Waals surface area contributed by atoms with Gasteiger partial charge < -0.3 is 23.8 Å². The number of rotatable bonds is 3. The highest BCUT2D eigenvalue weighted by Crippen LogP contribution is 2.41. The Kier molecular flexibility index (Phi) is 3.75. The average Bonchev–Trinajstić information content (AvgIpc) is 3.34. The van der Waals surface area contributed by atoms with Crippen LogP contribution in [0.2, 0.25) is 0 Å². The van der Waals surface area contributed by atoms with Gasteiger partial charge in [0.1, 0.15) is 0 Å². The van der Waals surface area contributed by atoms with Crippen molar-refractivity contribution in [3.05, 3.63) is 47.7 Å². The third kappa shape index (κ3) is 2.51. The molecule has 0 bridgehead atoms. The minimum atomic E-state index is -0.141. The van der Waals surface area contributed by atoms with Crippen molar-refractivity contribution in [3.63, 3.8) is 0 Å². The summed E-state index contributed by atoms with van der Waals surface area (Å²) in [6, 6.07) is 9.09. The first-order valence-corrected chi connectivity index (χ1v) is 8.91. The number of carbonyl (C=O) groups excluding carboxylic acids is 1. The van der Waals surface area contributed by atoms with Gasteiger partial charge in [0.15, 0.2) is 23.0 Å². The number of nitrogens with zero attached hydrogens (tertiary/aromatic N) is 2. The van der Waals surface area contributed by atoms with Crippen LogP contribution < -0.4 is 18.9 Å². The molecule has 1 atom stereocenters. The van der Waals surface area contributed by atoms with Gasteiger partial charge >= 0.3 is 0 Å². The van der Waals surface area contributed by atoms with Gasteiger partial charge in [0.05, 0.1) is 31.5 Å². The summed E-state index contributed by atoms with van der Waals surface area (Å²) in [6.07, 6.45) is 4.38. The first-order valence-electron chi connectivity index (χ1n) is 8.91. The molecule has 7 heteroatoms. The van der Waals surface area contributed by atoms with E-state index in [-0.39, 0.29) is 18.7 Å². The van der Waals surface area contributed by atoms with Gasteiger partial charge in [-0.2, -0.15) is 0 Å². The van der Waals surface area contributed by atoms with Gasteiger partial charge in [0, 0.05) is 24.9 Å². The maximum absolute atomic E-state index is 13.2. The molecule has 2 aromatic carbocycles. The average molecular weight is 378 g/mol. The normalized spacial score (nSPS) is 19.1. The summed E-state index contributed by atoms with van der Waals surface area (Å²) in [4.78, 5) is 19.5. The van der Waals surface area contributed by atoms with E-state index in [2.05, 4.69) is 4.99 Å². The lowest BCUT2D eigenvalue weighted by Gasteiger charge is -2.18. The van der Waals surface area contributed by atoms with E-state index in [0.717, 1.165) is 22.6 Å². The molecule has 3 aliphatic rings. The molecule has 2 aromatic rings. The van der Waals surface area contributed by atoms with Gasteiger partial charge in [-0.05, 0) is 29.3 Å². The van der Waals surface area contributed by atoms with Gasteiger partial charge in [0.2, 0.25) is 6.79 Å². The van der Waals surface area contributed by atoms with E-state index in [9.17, 15) is 4.79 Å². The fraction of sp³-hybridized carbons (Fsp3) is 0.238. The van der Waals surface area contributed by atoms with Crippen LogP contribution in [0.25, 0.3) is 5.57 Å². The second kappa shape index (κ2) is 6.30. The van der Waals surface area contributed by atoms with E-state index >= 15 is 0 Å². The van der Waals surface area contributed by atoms with Crippen molar-refractivity contribution in [2.75, 3.05) is 21.0 Å². The number of ether oxygens (including phenoxy) is 4. The summed E-state index contributed by atoms with van der Waals surface area (Å²) in [5.74, 6) is 2.40. The van der Waals surface area contributed by atoms with Crippen molar-refractivity contribution in [2.45, 2.75) is 12.5 Å². The summed E-state index contributed by atoms with van der Waals surface area (Å²) < 4.78 is 21.5. The van der Waals surface area contributed by atoms with Crippen LogP contribution in [-0.2, 0) is 0 Å². The molecule has 0 spiro atoms. The smallest absolute Gasteiger partial charge is 0.260 e. The SMILES string of the molecule is COc1cc2c(cc1OC)C(=O)N1C=C(c3ccc4c(c3)OCO4)C[C@H]1C=N2. The number of fused-ring (bicyclic) bond motifs is 3. The predicted molar refractivity (Wildman–Crippen MR) is 103 cm³/mol. The van der Waals surface area contributed by atoms with Crippen LogP contribution in [0.3, 0.4) is 0 Å². The molecular formula is C21H18N2O5. The fourth-order valence-electron chi connectivity index (χ4n) is 3.71. The van der Waals surface area contributed by atoms with Gasteiger partial charge in [0.25, 0.3) is 5.91 Å². The van der Waals surface area contributed by atoms with E-state index in [1.165, 1.54) is 0 Å². The predicted octanol–water partition coefficient (Wildman–Crippen LogP) is 3.40. The van der Waals surface area contributed by atoms with Crippen LogP contribution >= 0.6 is 0 Å². The second-order valence-electron chi connectivity index (χ2n) is 6.71. The van der Waals surface area contributed by atoms with Gasteiger partial charge in [-0.3, -0.25) is 9.79 Å². The molecular weight excluding hydrogens is 360 g/mol. The van der Waals surface area contributed by atoms with E-state index in [4.69, 9.17) is 18.9 Å². The highest BCUT2D eigenvalue weighted by molar-refractivity contribution is 6.05. The van der Waals surface area contributed by atoms with Crippen LogP contribution in [-0.4, -0.2) is 44.1 Å². The maximum atomic E-state index is 13.2. The standard InChI is InChI=1S/C21H18N2O5/c1-25-18-7-15-16(8-19(18)26-2)22-9-14-5-13(10-23(14)21(15)24)12-3-4-17-20(6-12)28-11-27-17/h3-4,6-10,14H,5,11H2,1-2H3/t14-/m0/s1. The number of benzene rings is 2. The number of hydrogen-bond acceptors (Lipinski definition) is 6. The lowest BCUT2D eigenvalue weighted by molar-refractivity contribution is 0.0817. The van der Waals surface area contributed by atoms with Crippen LogP contribution in [0.15, 0.2) is 41.5 Å². The molecule has 0 saturated heterocycles. The van der Waals surface area contributed by atoms with Crippen molar-refractivity contribution < 1.29 is 23.7 Å². The highest BCUT2D eigenvalue weighted by atomic mass is 16.7. The van der Waals surface area contributed by atoms with Crippen LogP contribution in [0.5, 0.6) is 23.0 Å². The molecule has 1 amide bonds. The van der Waals surface area contributed by atoms with E-state index in [1.807, 2.05) is 30.6 Å². The topological polar surface area (TPSA) is 69.6 Å². The van der Waals surface area contributed by atoms with Crippen molar-refractivity contribution in [1.29, 1.82) is 0 Å². The van der Waals surface area contributed by atoms with E-state index in [1.54, 1.807) is 31.3 Å². The monoisotopic (exact) mass is 378 g/mol. The zero-order valence-corrected chi connectivity index (χ0v) is 15.5. The number of amides is 1. The summed E-state index contributed by atoms with van der Waals surface area (Å²) in [7, 11) is 3.11. The number of hydrogen-bond donors (Lipinski definition) is 0. The molecule has 0 unspecified atom stereocenters. The quantitative estimate of drug-likeness (QED) is 0.819. The molecule has 5 rings (SSSR count). The zero-order valence-electron chi connectivity index (χ0n) is 15.5. The Morgan fingerprint density at radius 2 is 1.86 bits per heavy atom. The summed E-state index contributed by atoms with van der Waals surface area (Å²) >= 11 is 0. The Morgan fingerprint density at radius 1 is 1.07 bits per heavy atom. The molecule has 0 radical (unpaired) electrons. The Morgan fingerprint density at radius 3 is 2.68 bits per heavy atom. The third-order valence-corrected chi connectivity index (χ3v) is 5.18. The fourth-order valence-corrected chi connectivity index (χ4v) is 3.71. The van der Waals surface area contributed by atoms with Crippen molar-refractivity contribution in [3.8, 4) is 23.0 Å². The maximum Gasteiger partial charge on any atom is 0.260 e. The first-order chi connectivity index (χ1) is 13.7. The van der Waals surface area contributed by atoms with Crippen LogP contribution in [0, 0.1) is 0 Å². The van der Waals surface area contributed by atoms with Crippen molar-refractivity contribution >= 4 is 23.4 Å². The Labute approximate surface area is 161 Å². The second-order valence-corrected chi connectivity index (χ2v) is 6.71. The summed E-state index contributed by atoms with van der Waals surface area (Å²) in [5, 5.41) is 0. The largest absolute Gasteiger partial charge is 0.493 e. The lowest BCUT2D eigenvalue weighted by Crippen LogP contribution is -2.32. The Hall–Kier alpha value is -3.48. The minimum absolute atomic E-state index is 0.116. The van der Waals surface area contributed by atoms with Crippen molar-refractivity contribution in [2.24, 2.45) is 4.99 Å². The molecule has 3 heterocycles. The number of carbonyl (C=O) groups is 1. The van der Waals surface area contributed by atoms with Crippen LogP contribution in [0.1, 0.15) is 22.3 Å².